The molecule has 2 rings (SSSR count). The van der Waals surface area contributed by atoms with Gasteiger partial charge in [0, 0.05) is 24.6 Å². The van der Waals surface area contributed by atoms with Gasteiger partial charge in [0.1, 0.15) is 5.56 Å². The maximum atomic E-state index is 12.4. The van der Waals surface area contributed by atoms with Crippen molar-refractivity contribution in [3.8, 4) is 5.88 Å². The van der Waals surface area contributed by atoms with Gasteiger partial charge in [0.2, 0.25) is 5.88 Å². The van der Waals surface area contributed by atoms with Gasteiger partial charge >= 0.3 is 0 Å². The van der Waals surface area contributed by atoms with E-state index in [4.69, 9.17) is 10.5 Å². The van der Waals surface area contributed by atoms with Gasteiger partial charge < -0.3 is 15.4 Å². The fourth-order valence-corrected chi connectivity index (χ4v) is 1.75. The summed E-state index contributed by atoms with van der Waals surface area (Å²) in [4.78, 5) is 17.9. The van der Waals surface area contributed by atoms with Crippen molar-refractivity contribution in [1.29, 1.82) is 0 Å². The van der Waals surface area contributed by atoms with Gasteiger partial charge in [-0.25, -0.2) is 4.98 Å². The number of rotatable bonds is 3. The highest BCUT2D eigenvalue weighted by Crippen LogP contribution is 2.21. The summed E-state index contributed by atoms with van der Waals surface area (Å²) in [6.45, 7) is 0. The van der Waals surface area contributed by atoms with Gasteiger partial charge in [0.25, 0.3) is 5.91 Å². The average Bonchev–Trinajstić information content (AvgIpc) is 2.45. The van der Waals surface area contributed by atoms with E-state index in [9.17, 15) is 4.79 Å². The third-order valence-electron chi connectivity index (χ3n) is 2.76. The van der Waals surface area contributed by atoms with Crippen LogP contribution in [0.4, 0.5) is 11.4 Å². The van der Waals surface area contributed by atoms with Gasteiger partial charge in [-0.3, -0.25) is 4.79 Å². The number of carbonyl (C=O) groups excluding carboxylic acids is 1. The molecule has 1 aromatic carbocycles. The molecular formula is C14H15N3O2. The van der Waals surface area contributed by atoms with Crippen LogP contribution in [0.25, 0.3) is 0 Å². The predicted molar refractivity (Wildman–Crippen MR) is 74.4 cm³/mol. The number of benzene rings is 1. The molecule has 0 unspecified atom stereocenters. The number of nitrogen functional groups attached to an aromatic ring is 1. The van der Waals surface area contributed by atoms with Crippen molar-refractivity contribution in [2.24, 2.45) is 0 Å². The normalized spacial score (nSPS) is 10.0. The lowest BCUT2D eigenvalue weighted by molar-refractivity contribution is 0.0989. The molecule has 0 saturated carbocycles. The Morgan fingerprint density at radius 2 is 2.11 bits per heavy atom. The number of nitrogens with two attached hydrogens (primary N) is 1. The molecule has 1 aromatic heterocycles. The molecular weight excluding hydrogens is 242 g/mol. The number of carbonyl (C=O) groups is 1. The highest BCUT2D eigenvalue weighted by molar-refractivity contribution is 6.07. The Bertz CT molecular complexity index is 599. The average molecular weight is 257 g/mol. The maximum Gasteiger partial charge on any atom is 0.263 e. The molecule has 0 radical (unpaired) electrons. The molecule has 0 fully saturated rings. The third kappa shape index (κ3) is 2.65. The van der Waals surface area contributed by atoms with Crippen LogP contribution in [0.3, 0.4) is 0 Å². The standard InChI is InChI=1S/C14H15N3O2/c1-17(11-6-3-5-10(15)9-11)14(18)12-7-4-8-16-13(12)19-2/h3-9H,15H2,1-2H3. The van der Waals surface area contributed by atoms with Crippen LogP contribution in [0, 0.1) is 0 Å². The van der Waals surface area contributed by atoms with Crippen LogP contribution in [0.2, 0.25) is 0 Å². The Hall–Kier alpha value is -2.56. The van der Waals surface area contributed by atoms with Gasteiger partial charge in [-0.15, -0.1) is 0 Å². The fraction of sp³-hybridized carbons (Fsp3) is 0.143. The fourth-order valence-electron chi connectivity index (χ4n) is 1.75. The van der Waals surface area contributed by atoms with E-state index < -0.39 is 0 Å². The molecule has 0 aliphatic rings. The summed E-state index contributed by atoms with van der Waals surface area (Å²) < 4.78 is 5.09. The molecule has 2 N–H and O–H groups in total. The van der Waals surface area contributed by atoms with Crippen LogP contribution < -0.4 is 15.4 Å². The Morgan fingerprint density at radius 1 is 1.32 bits per heavy atom. The molecule has 0 aliphatic heterocycles. The smallest absolute Gasteiger partial charge is 0.263 e. The first-order valence-corrected chi connectivity index (χ1v) is 5.76. The quantitative estimate of drug-likeness (QED) is 0.853. The molecule has 1 heterocycles. The highest BCUT2D eigenvalue weighted by Gasteiger charge is 2.18. The number of anilines is 2. The maximum absolute atomic E-state index is 12.4. The summed E-state index contributed by atoms with van der Waals surface area (Å²) in [5, 5.41) is 0. The van der Waals surface area contributed by atoms with Crippen LogP contribution in [-0.2, 0) is 0 Å². The zero-order chi connectivity index (χ0) is 13.8. The molecule has 1 amide bonds. The van der Waals surface area contributed by atoms with Gasteiger partial charge in [-0.2, -0.15) is 0 Å². The van der Waals surface area contributed by atoms with Gasteiger partial charge in [-0.1, -0.05) is 6.07 Å². The minimum atomic E-state index is -0.199. The molecule has 0 saturated heterocycles. The van der Waals surface area contributed by atoms with Crippen molar-refractivity contribution in [3.05, 3.63) is 48.2 Å². The largest absolute Gasteiger partial charge is 0.480 e. The first kappa shape index (κ1) is 12.9. The van der Waals surface area contributed by atoms with Crippen molar-refractivity contribution < 1.29 is 9.53 Å². The highest BCUT2D eigenvalue weighted by atomic mass is 16.5. The zero-order valence-electron chi connectivity index (χ0n) is 10.8. The number of amides is 1. The molecule has 19 heavy (non-hydrogen) atoms. The number of hydrogen-bond donors (Lipinski definition) is 1. The van der Waals surface area contributed by atoms with E-state index in [1.54, 1.807) is 43.6 Å². The Balaban J connectivity index is 2.33. The molecule has 0 aliphatic carbocycles. The molecule has 0 spiro atoms. The summed E-state index contributed by atoms with van der Waals surface area (Å²) in [6.07, 6.45) is 1.58. The van der Waals surface area contributed by atoms with E-state index in [0.29, 0.717) is 17.1 Å². The Kier molecular flexibility index (Phi) is 3.66. The van der Waals surface area contributed by atoms with Crippen molar-refractivity contribution >= 4 is 17.3 Å². The lowest BCUT2D eigenvalue weighted by Gasteiger charge is -2.18. The van der Waals surface area contributed by atoms with Crippen molar-refractivity contribution in [2.45, 2.75) is 0 Å². The first-order valence-electron chi connectivity index (χ1n) is 5.76. The van der Waals surface area contributed by atoms with E-state index in [1.165, 1.54) is 12.0 Å². The summed E-state index contributed by atoms with van der Waals surface area (Å²) >= 11 is 0. The summed E-state index contributed by atoms with van der Waals surface area (Å²) in [6, 6.07) is 10.5. The second-order valence-corrected chi connectivity index (χ2v) is 4.02. The summed E-state index contributed by atoms with van der Waals surface area (Å²) in [5.41, 5.74) is 7.45. The molecule has 0 bridgehead atoms. The van der Waals surface area contributed by atoms with Crippen LogP contribution in [0.1, 0.15) is 10.4 Å². The van der Waals surface area contributed by atoms with Crippen molar-refractivity contribution in [3.63, 3.8) is 0 Å². The molecule has 0 atom stereocenters. The molecule has 5 heteroatoms. The number of pyridine rings is 1. The number of methoxy groups -OCH3 is 1. The van der Waals surface area contributed by atoms with Crippen LogP contribution in [-0.4, -0.2) is 25.0 Å². The third-order valence-corrected chi connectivity index (χ3v) is 2.76. The minimum absolute atomic E-state index is 0.199. The number of aromatic nitrogens is 1. The predicted octanol–water partition coefficient (Wildman–Crippen LogP) is 1.95. The lowest BCUT2D eigenvalue weighted by atomic mass is 10.2. The minimum Gasteiger partial charge on any atom is -0.480 e. The second kappa shape index (κ2) is 5.39. The molecule has 2 aromatic rings. The van der Waals surface area contributed by atoms with Crippen molar-refractivity contribution in [2.75, 3.05) is 24.8 Å². The number of nitrogens with zero attached hydrogens (tertiary/aromatic N) is 2. The topological polar surface area (TPSA) is 68.5 Å². The lowest BCUT2D eigenvalue weighted by Crippen LogP contribution is -2.26. The second-order valence-electron chi connectivity index (χ2n) is 4.02. The summed E-state index contributed by atoms with van der Waals surface area (Å²) in [5.74, 6) is 0.110. The summed E-state index contributed by atoms with van der Waals surface area (Å²) in [7, 11) is 3.17. The van der Waals surface area contributed by atoms with Crippen LogP contribution >= 0.6 is 0 Å². The monoisotopic (exact) mass is 257 g/mol. The van der Waals surface area contributed by atoms with Crippen LogP contribution in [0.15, 0.2) is 42.6 Å². The first-order chi connectivity index (χ1) is 9.13. The number of ether oxygens (including phenoxy) is 1. The van der Waals surface area contributed by atoms with E-state index in [2.05, 4.69) is 4.98 Å². The molecule has 98 valence electrons. The molecule has 5 nitrogen and oxygen atoms in total. The Morgan fingerprint density at radius 3 is 2.79 bits per heavy atom. The van der Waals surface area contributed by atoms with Gasteiger partial charge in [-0.05, 0) is 30.3 Å². The zero-order valence-corrected chi connectivity index (χ0v) is 10.8. The van der Waals surface area contributed by atoms with Crippen LogP contribution in [0.5, 0.6) is 5.88 Å². The van der Waals surface area contributed by atoms with Gasteiger partial charge in [0.05, 0.1) is 7.11 Å². The van der Waals surface area contributed by atoms with E-state index in [0.717, 1.165) is 5.69 Å². The number of hydrogen-bond acceptors (Lipinski definition) is 4. The van der Waals surface area contributed by atoms with Gasteiger partial charge in [0.15, 0.2) is 0 Å². The van der Waals surface area contributed by atoms with E-state index in [-0.39, 0.29) is 5.91 Å². The Labute approximate surface area is 111 Å². The van der Waals surface area contributed by atoms with Crippen molar-refractivity contribution in [1.82, 2.24) is 4.98 Å². The van der Waals surface area contributed by atoms with E-state index in [1.807, 2.05) is 6.07 Å². The SMILES string of the molecule is COc1ncccc1C(=O)N(C)c1cccc(N)c1. The van der Waals surface area contributed by atoms with E-state index >= 15 is 0 Å².